The van der Waals surface area contributed by atoms with Crippen LogP contribution >= 0.6 is 11.8 Å². The highest BCUT2D eigenvalue weighted by Gasteiger charge is 2.14. The molecule has 0 aromatic heterocycles. The summed E-state index contributed by atoms with van der Waals surface area (Å²) in [6.45, 7) is 1.86. The SMILES string of the molecule is CSc1cccc(Oc2cc(C)ccc2F)c1C(=N)N. The monoisotopic (exact) mass is 290 g/mol. The minimum atomic E-state index is -0.445. The van der Waals surface area contributed by atoms with Crippen molar-refractivity contribution >= 4 is 17.6 Å². The number of halogens is 1. The van der Waals surface area contributed by atoms with E-state index >= 15 is 0 Å². The molecule has 3 N–H and O–H groups in total. The van der Waals surface area contributed by atoms with Crippen LogP contribution in [0.25, 0.3) is 0 Å². The molecule has 5 heteroatoms. The third kappa shape index (κ3) is 2.93. The molecule has 0 saturated heterocycles. The normalized spacial score (nSPS) is 10.3. The first-order chi connectivity index (χ1) is 9.52. The van der Waals surface area contributed by atoms with Crippen LogP contribution in [0.15, 0.2) is 41.3 Å². The van der Waals surface area contributed by atoms with Crippen molar-refractivity contribution in [1.82, 2.24) is 0 Å². The summed E-state index contributed by atoms with van der Waals surface area (Å²) in [5.41, 5.74) is 6.99. The van der Waals surface area contributed by atoms with Gasteiger partial charge in [-0.05, 0) is 43.0 Å². The van der Waals surface area contributed by atoms with E-state index in [1.54, 1.807) is 24.3 Å². The standard InChI is InChI=1S/C15H15FN2OS/c1-9-6-7-10(16)12(8-9)19-11-4-3-5-13(20-2)14(11)15(17)18/h3-8H,1-2H3,(H3,17,18). The van der Waals surface area contributed by atoms with Crippen molar-refractivity contribution in [2.45, 2.75) is 11.8 Å². The molecule has 0 heterocycles. The molecule has 0 unspecified atom stereocenters. The minimum Gasteiger partial charge on any atom is -0.453 e. The van der Waals surface area contributed by atoms with E-state index in [9.17, 15) is 4.39 Å². The van der Waals surface area contributed by atoms with Gasteiger partial charge in [0.25, 0.3) is 0 Å². The number of hydrogen-bond acceptors (Lipinski definition) is 3. The van der Waals surface area contributed by atoms with Gasteiger partial charge in [0.1, 0.15) is 11.6 Å². The van der Waals surface area contributed by atoms with Crippen LogP contribution in [0.2, 0.25) is 0 Å². The van der Waals surface area contributed by atoms with E-state index in [4.69, 9.17) is 15.9 Å². The summed E-state index contributed by atoms with van der Waals surface area (Å²) in [6, 6.07) is 9.97. The first-order valence-corrected chi connectivity index (χ1v) is 7.21. The van der Waals surface area contributed by atoms with E-state index in [2.05, 4.69) is 0 Å². The van der Waals surface area contributed by atoms with Crippen LogP contribution in [-0.4, -0.2) is 12.1 Å². The molecule has 0 aliphatic heterocycles. The minimum absolute atomic E-state index is 0.0991. The molecule has 0 fully saturated rings. The number of nitrogens with one attached hydrogen (secondary N) is 1. The molecule has 3 nitrogen and oxygen atoms in total. The molecule has 2 rings (SSSR count). The Kier molecular flexibility index (Phi) is 4.29. The van der Waals surface area contributed by atoms with Crippen LogP contribution in [-0.2, 0) is 0 Å². The molecule has 0 bridgehead atoms. The molecule has 0 aliphatic rings. The van der Waals surface area contributed by atoms with E-state index < -0.39 is 5.82 Å². The number of nitrogen functional groups attached to an aromatic ring is 1. The third-order valence-electron chi connectivity index (χ3n) is 2.78. The molecule has 2 aromatic carbocycles. The van der Waals surface area contributed by atoms with E-state index in [-0.39, 0.29) is 11.6 Å². The summed E-state index contributed by atoms with van der Waals surface area (Å²) in [5, 5.41) is 7.67. The van der Waals surface area contributed by atoms with Crippen molar-refractivity contribution in [1.29, 1.82) is 5.41 Å². The molecule has 0 atom stereocenters. The maximum absolute atomic E-state index is 13.8. The molecule has 20 heavy (non-hydrogen) atoms. The smallest absolute Gasteiger partial charge is 0.165 e. The molecule has 0 amide bonds. The third-order valence-corrected chi connectivity index (χ3v) is 3.56. The fraction of sp³-hybridized carbons (Fsp3) is 0.133. The van der Waals surface area contributed by atoms with Crippen LogP contribution in [0.5, 0.6) is 11.5 Å². The van der Waals surface area contributed by atoms with Gasteiger partial charge in [0.15, 0.2) is 11.6 Å². The summed E-state index contributed by atoms with van der Waals surface area (Å²) >= 11 is 1.46. The Labute approximate surface area is 121 Å². The predicted octanol–water partition coefficient (Wildman–Crippen LogP) is 3.93. The summed E-state index contributed by atoms with van der Waals surface area (Å²) in [4.78, 5) is 0.822. The van der Waals surface area contributed by atoms with Gasteiger partial charge in [-0.3, -0.25) is 5.41 Å². The van der Waals surface area contributed by atoms with Crippen molar-refractivity contribution in [3.63, 3.8) is 0 Å². The zero-order chi connectivity index (χ0) is 14.7. The van der Waals surface area contributed by atoms with Gasteiger partial charge in [0.2, 0.25) is 0 Å². The van der Waals surface area contributed by atoms with Crippen molar-refractivity contribution in [2.75, 3.05) is 6.26 Å². The van der Waals surface area contributed by atoms with E-state index in [0.717, 1.165) is 10.5 Å². The van der Waals surface area contributed by atoms with Gasteiger partial charge in [0.05, 0.1) is 5.56 Å². The number of ether oxygens (including phenoxy) is 1. The zero-order valence-electron chi connectivity index (χ0n) is 11.2. The lowest BCUT2D eigenvalue weighted by atomic mass is 10.1. The Hall–Kier alpha value is -2.01. The number of hydrogen-bond donors (Lipinski definition) is 2. The van der Waals surface area contributed by atoms with E-state index in [0.29, 0.717) is 11.3 Å². The van der Waals surface area contributed by atoms with E-state index in [1.165, 1.54) is 17.8 Å². The second kappa shape index (κ2) is 5.96. The van der Waals surface area contributed by atoms with Crippen LogP contribution < -0.4 is 10.5 Å². The Morgan fingerprint density at radius 2 is 2.00 bits per heavy atom. The zero-order valence-corrected chi connectivity index (χ0v) is 12.1. The highest BCUT2D eigenvalue weighted by atomic mass is 32.2. The lowest BCUT2D eigenvalue weighted by Gasteiger charge is -2.14. The molecule has 2 aromatic rings. The highest BCUT2D eigenvalue weighted by Crippen LogP contribution is 2.33. The largest absolute Gasteiger partial charge is 0.453 e. The van der Waals surface area contributed by atoms with Crippen LogP contribution in [0.4, 0.5) is 4.39 Å². The van der Waals surface area contributed by atoms with Crippen molar-refractivity contribution in [3.05, 3.63) is 53.3 Å². The Morgan fingerprint density at radius 1 is 1.25 bits per heavy atom. The molecular weight excluding hydrogens is 275 g/mol. The number of nitrogens with two attached hydrogens (primary N) is 1. The van der Waals surface area contributed by atoms with Crippen LogP contribution in [0.1, 0.15) is 11.1 Å². The maximum Gasteiger partial charge on any atom is 0.165 e. The molecule has 0 saturated carbocycles. The molecule has 0 radical (unpaired) electrons. The summed E-state index contributed by atoms with van der Waals surface area (Å²) in [5.74, 6) is -0.0303. The number of rotatable bonds is 4. The van der Waals surface area contributed by atoms with Crippen molar-refractivity contribution in [2.24, 2.45) is 5.73 Å². The lowest BCUT2D eigenvalue weighted by Crippen LogP contribution is -2.13. The second-order valence-electron chi connectivity index (χ2n) is 4.28. The Balaban J connectivity index is 2.48. The Bertz CT molecular complexity index is 658. The maximum atomic E-state index is 13.8. The average Bonchev–Trinajstić information content (AvgIpc) is 2.42. The lowest BCUT2D eigenvalue weighted by molar-refractivity contribution is 0.440. The molecule has 0 aliphatic carbocycles. The second-order valence-corrected chi connectivity index (χ2v) is 5.13. The average molecular weight is 290 g/mol. The fourth-order valence-electron chi connectivity index (χ4n) is 1.84. The van der Waals surface area contributed by atoms with Crippen molar-refractivity contribution < 1.29 is 9.13 Å². The quantitative estimate of drug-likeness (QED) is 0.509. The summed E-state index contributed by atoms with van der Waals surface area (Å²) in [7, 11) is 0. The van der Waals surface area contributed by atoms with Crippen LogP contribution in [0, 0.1) is 18.2 Å². The van der Waals surface area contributed by atoms with Gasteiger partial charge >= 0.3 is 0 Å². The van der Waals surface area contributed by atoms with Gasteiger partial charge in [-0.2, -0.15) is 0 Å². The first-order valence-electron chi connectivity index (χ1n) is 5.98. The van der Waals surface area contributed by atoms with Gasteiger partial charge < -0.3 is 10.5 Å². The number of thioether (sulfide) groups is 1. The predicted molar refractivity (Wildman–Crippen MR) is 80.5 cm³/mol. The Morgan fingerprint density at radius 3 is 2.65 bits per heavy atom. The van der Waals surface area contributed by atoms with Gasteiger partial charge in [-0.15, -0.1) is 11.8 Å². The number of benzene rings is 2. The van der Waals surface area contributed by atoms with Gasteiger partial charge in [-0.25, -0.2) is 4.39 Å². The first kappa shape index (κ1) is 14.4. The van der Waals surface area contributed by atoms with E-state index in [1.807, 2.05) is 19.2 Å². The number of amidine groups is 1. The highest BCUT2D eigenvalue weighted by molar-refractivity contribution is 7.98. The summed E-state index contributed by atoms with van der Waals surface area (Å²) in [6.07, 6.45) is 1.89. The number of aryl methyl sites for hydroxylation is 1. The van der Waals surface area contributed by atoms with Gasteiger partial charge in [-0.1, -0.05) is 12.1 Å². The summed E-state index contributed by atoms with van der Waals surface area (Å²) < 4.78 is 19.4. The molecule has 0 spiro atoms. The fourth-order valence-corrected chi connectivity index (χ4v) is 2.47. The molecular formula is C15H15FN2OS. The topological polar surface area (TPSA) is 59.1 Å². The van der Waals surface area contributed by atoms with Crippen LogP contribution in [0.3, 0.4) is 0 Å². The van der Waals surface area contributed by atoms with Crippen molar-refractivity contribution in [3.8, 4) is 11.5 Å². The van der Waals surface area contributed by atoms with Gasteiger partial charge in [0, 0.05) is 4.90 Å². The molecule has 104 valence electrons.